The fraction of sp³-hybridized carbons (Fsp3) is 0.375. The number of amides is 1. The van der Waals surface area contributed by atoms with E-state index in [2.05, 4.69) is 18.2 Å². The van der Waals surface area contributed by atoms with Gasteiger partial charge in [-0.3, -0.25) is 0 Å². The average Bonchev–Trinajstić information content (AvgIpc) is 2.70. The van der Waals surface area contributed by atoms with E-state index in [4.69, 9.17) is 11.2 Å². The molecule has 0 saturated heterocycles. The molecule has 3 rings (SSSR count). The number of alkyl carbamates (subject to hydrolysis) is 1. The highest BCUT2D eigenvalue weighted by Gasteiger charge is 2.37. The van der Waals surface area contributed by atoms with E-state index in [9.17, 15) is 4.79 Å². The Balaban J connectivity index is 1.95. The number of hydrogen-bond donors (Lipinski definition) is 1. The molecule has 1 aliphatic rings. The van der Waals surface area contributed by atoms with Gasteiger partial charge in [-0.25, -0.2) is 4.79 Å². The Kier molecular flexibility index (Phi) is 5.86. The minimum atomic E-state index is -1.25. The zero-order valence-corrected chi connectivity index (χ0v) is 16.1. The van der Waals surface area contributed by atoms with E-state index in [1.807, 2.05) is 55.5 Å². The monoisotopic (exact) mass is 361 g/mol. The summed E-state index contributed by atoms with van der Waals surface area (Å²) in [5.74, 6) is 2.78. The van der Waals surface area contributed by atoms with Crippen LogP contribution in [0.5, 0.6) is 0 Å². The van der Waals surface area contributed by atoms with Gasteiger partial charge in [0.25, 0.3) is 0 Å². The maximum Gasteiger partial charge on any atom is 0.409 e. The van der Waals surface area contributed by atoms with Crippen LogP contribution < -0.4 is 5.32 Å². The molecule has 2 aromatic carbocycles. The van der Waals surface area contributed by atoms with Crippen molar-refractivity contribution in [2.75, 3.05) is 0 Å². The lowest BCUT2D eigenvalue weighted by molar-refractivity contribution is 0.0739. The molecule has 140 valence electrons. The van der Waals surface area contributed by atoms with Crippen LogP contribution >= 0.6 is 0 Å². The fourth-order valence-electron chi connectivity index (χ4n) is 3.70. The van der Waals surface area contributed by atoms with Crippen LogP contribution in [0.4, 0.5) is 4.79 Å². The van der Waals surface area contributed by atoms with Crippen molar-refractivity contribution in [3.8, 4) is 12.3 Å². The van der Waals surface area contributed by atoms with E-state index in [1.54, 1.807) is 0 Å². The molecule has 27 heavy (non-hydrogen) atoms. The standard InChI is InChI=1S/C24H27NO2/c1-4-24(20-11-7-5-8-12-20,21-16-15-18(2)19(3)17-21)27-23(26)25-22-13-9-6-10-14-22/h1,5,7-8,11-12,15-17,22H,6,9-10,13-14H2,2-3H3,(H,25,26). The predicted molar refractivity (Wildman–Crippen MR) is 108 cm³/mol. The molecule has 1 aliphatic carbocycles. The molecule has 0 heterocycles. The number of terminal acetylenes is 1. The van der Waals surface area contributed by atoms with E-state index in [0.717, 1.165) is 42.4 Å². The third kappa shape index (κ3) is 4.17. The van der Waals surface area contributed by atoms with Crippen molar-refractivity contribution in [1.29, 1.82) is 0 Å². The van der Waals surface area contributed by atoms with Crippen molar-refractivity contribution in [2.45, 2.75) is 57.6 Å². The van der Waals surface area contributed by atoms with Crippen LogP contribution in [0.15, 0.2) is 48.5 Å². The molecule has 0 radical (unpaired) electrons. The Morgan fingerprint density at radius 2 is 1.74 bits per heavy atom. The van der Waals surface area contributed by atoms with Crippen LogP contribution in [0.1, 0.15) is 54.4 Å². The summed E-state index contributed by atoms with van der Waals surface area (Å²) >= 11 is 0. The van der Waals surface area contributed by atoms with Gasteiger partial charge >= 0.3 is 6.09 Å². The second-order valence-electron chi connectivity index (χ2n) is 7.36. The smallest absolute Gasteiger partial charge is 0.409 e. The van der Waals surface area contributed by atoms with Crippen LogP contribution in [-0.4, -0.2) is 12.1 Å². The van der Waals surface area contributed by atoms with Gasteiger partial charge in [0, 0.05) is 17.2 Å². The zero-order chi connectivity index (χ0) is 19.3. The number of carbonyl (C=O) groups is 1. The highest BCUT2D eigenvalue weighted by Crippen LogP contribution is 2.34. The largest absolute Gasteiger partial charge is 0.421 e. The molecule has 2 aromatic rings. The first kappa shape index (κ1) is 19.0. The number of hydrogen-bond acceptors (Lipinski definition) is 2. The summed E-state index contributed by atoms with van der Waals surface area (Å²) in [6, 6.07) is 15.7. The number of nitrogens with one attached hydrogen (secondary N) is 1. The van der Waals surface area contributed by atoms with Crippen molar-refractivity contribution in [3.63, 3.8) is 0 Å². The molecule has 1 amide bonds. The Hall–Kier alpha value is -2.73. The van der Waals surface area contributed by atoms with Gasteiger partial charge in [0.15, 0.2) is 0 Å². The van der Waals surface area contributed by atoms with E-state index < -0.39 is 11.7 Å². The highest BCUT2D eigenvalue weighted by atomic mass is 16.6. The topological polar surface area (TPSA) is 38.3 Å². The molecule has 1 saturated carbocycles. The van der Waals surface area contributed by atoms with Gasteiger partial charge in [-0.15, -0.1) is 6.42 Å². The van der Waals surface area contributed by atoms with Gasteiger partial charge in [-0.2, -0.15) is 0 Å². The Morgan fingerprint density at radius 3 is 2.37 bits per heavy atom. The van der Waals surface area contributed by atoms with Crippen LogP contribution in [0.2, 0.25) is 0 Å². The number of rotatable bonds is 4. The summed E-state index contributed by atoms with van der Waals surface area (Å²) < 4.78 is 5.97. The molecule has 1 fully saturated rings. The van der Waals surface area contributed by atoms with Crippen LogP contribution in [-0.2, 0) is 10.3 Å². The minimum absolute atomic E-state index is 0.164. The van der Waals surface area contributed by atoms with Crippen molar-refractivity contribution >= 4 is 6.09 Å². The summed E-state index contributed by atoms with van der Waals surface area (Å²) in [5, 5.41) is 3.02. The normalized spacial score (nSPS) is 16.8. The van der Waals surface area contributed by atoms with Crippen LogP contribution in [0, 0.1) is 26.2 Å². The van der Waals surface area contributed by atoms with Crippen molar-refractivity contribution < 1.29 is 9.53 Å². The average molecular weight is 361 g/mol. The lowest BCUT2D eigenvalue weighted by Crippen LogP contribution is -2.42. The predicted octanol–water partition coefficient (Wildman–Crippen LogP) is 5.24. The van der Waals surface area contributed by atoms with E-state index in [1.165, 1.54) is 12.0 Å². The summed E-state index contributed by atoms with van der Waals surface area (Å²) in [7, 11) is 0. The third-order valence-corrected chi connectivity index (χ3v) is 5.47. The number of benzene rings is 2. The van der Waals surface area contributed by atoms with Gasteiger partial charge in [-0.05, 0) is 43.7 Å². The van der Waals surface area contributed by atoms with E-state index in [0.29, 0.717) is 0 Å². The molecule has 0 aliphatic heterocycles. The maximum atomic E-state index is 12.8. The summed E-state index contributed by atoms with van der Waals surface area (Å²) in [6.07, 6.45) is 11.0. The molecule has 1 unspecified atom stereocenters. The summed E-state index contributed by atoms with van der Waals surface area (Å²) in [5.41, 5.74) is 2.59. The van der Waals surface area contributed by atoms with Gasteiger partial charge in [0.05, 0.1) is 0 Å². The zero-order valence-electron chi connectivity index (χ0n) is 16.1. The van der Waals surface area contributed by atoms with Gasteiger partial charge in [0.2, 0.25) is 5.60 Å². The molecule has 1 N–H and O–H groups in total. The molecule has 0 aromatic heterocycles. The summed E-state index contributed by atoms with van der Waals surface area (Å²) in [6.45, 7) is 4.09. The lowest BCUT2D eigenvalue weighted by Gasteiger charge is -2.31. The first-order valence-corrected chi connectivity index (χ1v) is 9.65. The maximum absolute atomic E-state index is 12.8. The van der Waals surface area contributed by atoms with Gasteiger partial charge in [0.1, 0.15) is 0 Å². The second kappa shape index (κ2) is 8.31. The molecule has 3 nitrogen and oxygen atoms in total. The first-order chi connectivity index (χ1) is 13.0. The molecule has 0 spiro atoms. The molecular formula is C24H27NO2. The Labute approximate surface area is 162 Å². The molecule has 3 heteroatoms. The van der Waals surface area contributed by atoms with E-state index >= 15 is 0 Å². The third-order valence-electron chi connectivity index (χ3n) is 5.47. The van der Waals surface area contributed by atoms with Gasteiger partial charge < -0.3 is 10.1 Å². The second-order valence-corrected chi connectivity index (χ2v) is 7.36. The quantitative estimate of drug-likeness (QED) is 0.756. The van der Waals surface area contributed by atoms with Crippen molar-refractivity contribution in [2.24, 2.45) is 0 Å². The number of carbonyl (C=O) groups excluding carboxylic acids is 1. The SMILES string of the molecule is C#CC(OC(=O)NC1CCCCC1)(c1ccccc1)c1ccc(C)c(C)c1. The molecule has 0 bridgehead atoms. The fourth-order valence-corrected chi connectivity index (χ4v) is 3.70. The number of aryl methyl sites for hydroxylation is 2. The number of ether oxygens (including phenoxy) is 1. The van der Waals surface area contributed by atoms with Crippen molar-refractivity contribution in [3.05, 3.63) is 70.8 Å². The molecular weight excluding hydrogens is 334 g/mol. The highest BCUT2D eigenvalue weighted by molar-refractivity contribution is 5.70. The lowest BCUT2D eigenvalue weighted by atomic mass is 9.85. The summed E-state index contributed by atoms with van der Waals surface area (Å²) in [4.78, 5) is 12.8. The first-order valence-electron chi connectivity index (χ1n) is 9.65. The van der Waals surface area contributed by atoms with E-state index in [-0.39, 0.29) is 6.04 Å². The molecule has 1 atom stereocenters. The Morgan fingerprint density at radius 1 is 1.04 bits per heavy atom. The van der Waals surface area contributed by atoms with Crippen molar-refractivity contribution in [1.82, 2.24) is 5.32 Å². The van der Waals surface area contributed by atoms with Gasteiger partial charge in [-0.1, -0.05) is 67.8 Å². The Bertz CT molecular complexity index is 831. The minimum Gasteiger partial charge on any atom is -0.421 e. The van der Waals surface area contributed by atoms with Crippen LogP contribution in [0.25, 0.3) is 0 Å². The van der Waals surface area contributed by atoms with Crippen LogP contribution in [0.3, 0.4) is 0 Å².